The number of nitrogens with one attached hydrogen (secondary N) is 1. The van der Waals surface area contributed by atoms with E-state index in [9.17, 15) is 5.26 Å². The van der Waals surface area contributed by atoms with Crippen molar-refractivity contribution in [3.8, 4) is 22.9 Å². The summed E-state index contributed by atoms with van der Waals surface area (Å²) < 4.78 is 6.77. The number of hydrogen-bond acceptors (Lipinski definition) is 4. The first-order chi connectivity index (χ1) is 16.5. The van der Waals surface area contributed by atoms with Gasteiger partial charge in [-0.3, -0.25) is 10.2 Å². The molecule has 0 bridgehead atoms. The Balaban J connectivity index is 1.55. The summed E-state index contributed by atoms with van der Waals surface area (Å²) in [6.07, 6.45) is 4.17. The van der Waals surface area contributed by atoms with Gasteiger partial charge in [0.05, 0.1) is 11.6 Å². The van der Waals surface area contributed by atoms with E-state index in [0.29, 0.717) is 12.0 Å². The second-order valence-electron chi connectivity index (χ2n) is 9.21. The highest BCUT2D eigenvalue weighted by atomic mass is 16.7. The zero-order valence-corrected chi connectivity index (χ0v) is 19.3. The lowest BCUT2D eigenvalue weighted by atomic mass is 9.81. The van der Waals surface area contributed by atoms with Crippen LogP contribution in [0.15, 0.2) is 66.7 Å². The van der Waals surface area contributed by atoms with E-state index in [0.717, 1.165) is 48.1 Å². The third kappa shape index (κ3) is 4.23. The van der Waals surface area contributed by atoms with E-state index in [1.807, 2.05) is 30.3 Å². The molecule has 1 spiro atoms. The van der Waals surface area contributed by atoms with Crippen LogP contribution < -0.4 is 10.5 Å². The standard InChI is InChI=1S/C28H28N4O2/c1-32(27(30)31)34-26-17-28(13-5-10-20-7-2-3-8-23(20)16-28)33-25-12-11-22(15-24(25)26)21-9-4-6-19(14-21)18-29/h2-4,6-9,11-12,14-15,26H,5,10,13,16-17H2,1H3,(H3,30,31)/t26-,28-/m1/s1. The summed E-state index contributed by atoms with van der Waals surface area (Å²) in [5.41, 5.74) is 11.5. The fourth-order valence-electron chi connectivity index (χ4n) is 5.18. The summed E-state index contributed by atoms with van der Waals surface area (Å²) >= 11 is 0. The highest BCUT2D eigenvalue weighted by molar-refractivity contribution is 5.73. The average Bonchev–Trinajstić information content (AvgIpc) is 3.02. The van der Waals surface area contributed by atoms with E-state index >= 15 is 0 Å². The van der Waals surface area contributed by atoms with E-state index in [-0.39, 0.29) is 17.7 Å². The predicted molar refractivity (Wildman–Crippen MR) is 131 cm³/mol. The minimum Gasteiger partial charge on any atom is -0.486 e. The number of nitrogens with zero attached hydrogens (tertiary/aromatic N) is 2. The molecule has 1 heterocycles. The molecular weight excluding hydrogens is 424 g/mol. The number of hydroxylamine groups is 2. The number of aryl methyl sites for hydroxylation is 1. The van der Waals surface area contributed by atoms with E-state index in [1.54, 1.807) is 13.1 Å². The molecule has 3 aromatic rings. The molecule has 0 saturated carbocycles. The number of hydrogen-bond donors (Lipinski definition) is 2. The Labute approximate surface area is 200 Å². The van der Waals surface area contributed by atoms with Gasteiger partial charge in [-0.2, -0.15) is 5.26 Å². The Morgan fingerprint density at radius 2 is 1.91 bits per heavy atom. The van der Waals surface area contributed by atoms with Crippen LogP contribution in [0.4, 0.5) is 0 Å². The second kappa shape index (κ2) is 8.85. The fourth-order valence-corrected chi connectivity index (χ4v) is 5.18. The number of rotatable bonds is 3. The van der Waals surface area contributed by atoms with Crippen LogP contribution in [0.2, 0.25) is 0 Å². The highest BCUT2D eigenvalue weighted by Gasteiger charge is 2.43. The summed E-state index contributed by atoms with van der Waals surface area (Å²) in [6, 6.07) is 24.5. The Hall–Kier alpha value is -3.82. The average molecular weight is 453 g/mol. The van der Waals surface area contributed by atoms with Gasteiger partial charge < -0.3 is 10.5 Å². The minimum absolute atomic E-state index is 0.147. The van der Waals surface area contributed by atoms with Crippen LogP contribution >= 0.6 is 0 Å². The Morgan fingerprint density at radius 3 is 2.71 bits per heavy atom. The maximum absolute atomic E-state index is 9.30. The largest absolute Gasteiger partial charge is 0.486 e. The van der Waals surface area contributed by atoms with Gasteiger partial charge in [-0.25, -0.2) is 5.06 Å². The number of benzene rings is 3. The van der Waals surface area contributed by atoms with Gasteiger partial charge in [0.1, 0.15) is 17.5 Å². The van der Waals surface area contributed by atoms with Crippen molar-refractivity contribution in [3.05, 3.63) is 89.0 Å². The van der Waals surface area contributed by atoms with Gasteiger partial charge in [0.25, 0.3) is 0 Å². The Bertz CT molecular complexity index is 1280. The van der Waals surface area contributed by atoms with Crippen LogP contribution in [-0.2, 0) is 17.7 Å². The van der Waals surface area contributed by atoms with Crippen molar-refractivity contribution in [2.24, 2.45) is 5.73 Å². The Kier molecular flexibility index (Phi) is 5.72. The van der Waals surface area contributed by atoms with Crippen LogP contribution in [-0.4, -0.2) is 23.7 Å². The van der Waals surface area contributed by atoms with E-state index in [2.05, 4.69) is 36.4 Å². The number of guanidine groups is 1. The van der Waals surface area contributed by atoms with Gasteiger partial charge in [0, 0.05) is 25.5 Å². The molecule has 2 atom stereocenters. The molecule has 2 aliphatic rings. The lowest BCUT2D eigenvalue weighted by Gasteiger charge is -2.42. The molecule has 0 aromatic heterocycles. The molecule has 0 saturated heterocycles. The predicted octanol–water partition coefficient (Wildman–Crippen LogP) is 5.12. The van der Waals surface area contributed by atoms with Crippen molar-refractivity contribution >= 4 is 5.96 Å². The van der Waals surface area contributed by atoms with E-state index < -0.39 is 0 Å². The lowest BCUT2D eigenvalue weighted by Crippen LogP contribution is -2.45. The number of nitrogens with two attached hydrogens (primary N) is 1. The highest BCUT2D eigenvalue weighted by Crippen LogP contribution is 2.47. The van der Waals surface area contributed by atoms with Gasteiger partial charge in [0.15, 0.2) is 0 Å². The zero-order chi connectivity index (χ0) is 23.7. The molecule has 0 radical (unpaired) electrons. The minimum atomic E-state index is -0.385. The molecule has 6 nitrogen and oxygen atoms in total. The van der Waals surface area contributed by atoms with Crippen molar-refractivity contribution in [3.63, 3.8) is 0 Å². The van der Waals surface area contributed by atoms with Crippen LogP contribution in [0, 0.1) is 16.7 Å². The molecule has 5 rings (SSSR count). The number of ether oxygens (including phenoxy) is 1. The lowest BCUT2D eigenvalue weighted by molar-refractivity contribution is -0.164. The fraction of sp³-hybridized carbons (Fsp3) is 0.286. The quantitative estimate of drug-likeness (QED) is 0.327. The maximum atomic E-state index is 9.30. The number of nitriles is 1. The first-order valence-electron chi connectivity index (χ1n) is 11.6. The van der Waals surface area contributed by atoms with Gasteiger partial charge >= 0.3 is 0 Å². The van der Waals surface area contributed by atoms with E-state index in [1.165, 1.54) is 16.2 Å². The van der Waals surface area contributed by atoms with Gasteiger partial charge in [-0.05, 0) is 65.8 Å². The van der Waals surface area contributed by atoms with Crippen molar-refractivity contribution in [2.45, 2.75) is 43.8 Å². The number of fused-ring (bicyclic) bond motifs is 2. The summed E-state index contributed by atoms with van der Waals surface area (Å²) in [7, 11) is 1.66. The van der Waals surface area contributed by atoms with E-state index in [4.69, 9.17) is 20.7 Å². The first-order valence-corrected chi connectivity index (χ1v) is 11.6. The summed E-state index contributed by atoms with van der Waals surface area (Å²) in [5, 5.41) is 18.4. The van der Waals surface area contributed by atoms with Gasteiger partial charge in [0.2, 0.25) is 5.96 Å². The van der Waals surface area contributed by atoms with Gasteiger partial charge in [-0.15, -0.1) is 0 Å². The van der Waals surface area contributed by atoms with Gasteiger partial charge in [-0.1, -0.05) is 42.5 Å². The molecule has 3 N–H and O–H groups in total. The maximum Gasteiger partial charge on any atom is 0.212 e. The van der Waals surface area contributed by atoms with Crippen LogP contribution in [0.25, 0.3) is 11.1 Å². The molecule has 6 heteroatoms. The van der Waals surface area contributed by atoms with Crippen molar-refractivity contribution in [2.75, 3.05) is 7.05 Å². The normalized spacial score (nSPS) is 20.9. The first kappa shape index (κ1) is 22.0. The molecule has 34 heavy (non-hydrogen) atoms. The summed E-state index contributed by atoms with van der Waals surface area (Å²) in [5.74, 6) is 0.652. The molecule has 0 amide bonds. The summed E-state index contributed by atoms with van der Waals surface area (Å²) in [6.45, 7) is 0. The zero-order valence-electron chi connectivity index (χ0n) is 19.3. The van der Waals surface area contributed by atoms with Crippen LogP contribution in [0.3, 0.4) is 0 Å². The Morgan fingerprint density at radius 1 is 1.12 bits per heavy atom. The topological polar surface area (TPSA) is 95.4 Å². The smallest absolute Gasteiger partial charge is 0.212 e. The molecule has 0 fully saturated rings. The van der Waals surface area contributed by atoms with Crippen LogP contribution in [0.5, 0.6) is 5.75 Å². The monoisotopic (exact) mass is 452 g/mol. The van der Waals surface area contributed by atoms with Crippen LogP contribution in [0.1, 0.15) is 47.6 Å². The molecular formula is C28H28N4O2. The molecule has 1 aliphatic heterocycles. The molecule has 172 valence electrons. The third-order valence-electron chi connectivity index (χ3n) is 6.90. The SMILES string of the molecule is CN(O[C@@H]1C[C@]2(CCCc3ccccc3C2)Oc2ccc(-c3cccc(C#N)c3)cc21)C(=N)N. The molecule has 3 aromatic carbocycles. The molecule has 1 aliphatic carbocycles. The van der Waals surface area contributed by atoms with Crippen molar-refractivity contribution in [1.82, 2.24) is 5.06 Å². The van der Waals surface area contributed by atoms with Crippen molar-refractivity contribution in [1.29, 1.82) is 10.7 Å². The summed E-state index contributed by atoms with van der Waals surface area (Å²) in [4.78, 5) is 6.22. The third-order valence-corrected chi connectivity index (χ3v) is 6.90. The second-order valence-corrected chi connectivity index (χ2v) is 9.21. The molecule has 0 unspecified atom stereocenters. The van der Waals surface area contributed by atoms with Crippen molar-refractivity contribution < 1.29 is 9.57 Å².